The highest BCUT2D eigenvalue weighted by Gasteiger charge is 2.17. The Morgan fingerprint density at radius 1 is 0.444 bits per heavy atom. The molecule has 0 aliphatic carbocycles. The van der Waals surface area contributed by atoms with Gasteiger partial charge in [-0.1, -0.05) is 115 Å². The number of hydrogen-bond donors (Lipinski definition) is 0. The summed E-state index contributed by atoms with van der Waals surface area (Å²) >= 11 is 0. The molecule has 0 N–H and O–H groups in total. The van der Waals surface area contributed by atoms with E-state index in [1.807, 2.05) is 97.1 Å². The Morgan fingerprint density at radius 3 is 1.78 bits per heavy atom. The molecule has 0 saturated heterocycles. The number of rotatable bonds is 6. The second-order valence-electron chi connectivity index (χ2n) is 10.8. The van der Waals surface area contributed by atoms with Gasteiger partial charge in [0.25, 0.3) is 0 Å². The predicted molar refractivity (Wildman–Crippen MR) is 181 cm³/mol. The van der Waals surface area contributed by atoms with Crippen molar-refractivity contribution in [3.63, 3.8) is 0 Å². The van der Waals surface area contributed by atoms with Crippen molar-refractivity contribution >= 4 is 21.9 Å². The molecule has 214 valence electrons. The molecule has 0 bridgehead atoms. The molecule has 2 heterocycles. The van der Waals surface area contributed by atoms with E-state index in [1.165, 1.54) is 0 Å². The van der Waals surface area contributed by atoms with Crippen molar-refractivity contribution in [2.75, 3.05) is 7.11 Å². The number of nitrogens with zero attached hydrogens (tertiary/aromatic N) is 3. The molecule has 0 fully saturated rings. The molecule has 0 aliphatic rings. The number of benzene rings is 6. The molecule has 0 radical (unpaired) electrons. The lowest BCUT2D eigenvalue weighted by Crippen LogP contribution is -2.00. The maximum absolute atomic E-state index is 6.17. The molecule has 0 spiro atoms. The van der Waals surface area contributed by atoms with E-state index >= 15 is 0 Å². The maximum Gasteiger partial charge on any atom is 0.164 e. The van der Waals surface area contributed by atoms with Gasteiger partial charge in [0.1, 0.15) is 16.9 Å². The molecule has 8 rings (SSSR count). The fourth-order valence-corrected chi connectivity index (χ4v) is 5.88. The summed E-state index contributed by atoms with van der Waals surface area (Å²) in [6.07, 6.45) is 0. The molecule has 6 aromatic carbocycles. The number of hydrogen-bond acceptors (Lipinski definition) is 5. The van der Waals surface area contributed by atoms with Gasteiger partial charge in [-0.05, 0) is 47.0 Å². The first-order chi connectivity index (χ1) is 22.2. The minimum absolute atomic E-state index is 0.574. The van der Waals surface area contributed by atoms with Crippen molar-refractivity contribution in [2.24, 2.45) is 0 Å². The molecule has 0 amide bonds. The Morgan fingerprint density at radius 2 is 1.02 bits per heavy atom. The topological polar surface area (TPSA) is 61.0 Å². The lowest BCUT2D eigenvalue weighted by atomic mass is 9.98. The van der Waals surface area contributed by atoms with Crippen molar-refractivity contribution in [1.29, 1.82) is 0 Å². The summed E-state index contributed by atoms with van der Waals surface area (Å²) in [6.45, 7) is 0. The predicted octanol–water partition coefficient (Wildman–Crippen LogP) is 10.1. The van der Waals surface area contributed by atoms with Crippen LogP contribution in [-0.4, -0.2) is 22.1 Å². The summed E-state index contributed by atoms with van der Waals surface area (Å²) in [7, 11) is 1.69. The van der Waals surface area contributed by atoms with Crippen LogP contribution in [0.1, 0.15) is 0 Å². The molecule has 0 aliphatic heterocycles. The fraction of sp³-hybridized carbons (Fsp3) is 0.0250. The van der Waals surface area contributed by atoms with Crippen LogP contribution in [0.25, 0.3) is 78.4 Å². The summed E-state index contributed by atoms with van der Waals surface area (Å²) in [4.78, 5) is 14.9. The summed E-state index contributed by atoms with van der Waals surface area (Å²) < 4.78 is 12.0. The largest absolute Gasteiger partial charge is 0.496 e. The quantitative estimate of drug-likeness (QED) is 0.196. The van der Waals surface area contributed by atoms with Gasteiger partial charge < -0.3 is 9.15 Å². The summed E-state index contributed by atoms with van der Waals surface area (Å²) in [5.41, 5.74) is 8.64. The molecule has 0 unspecified atom stereocenters. The van der Waals surface area contributed by atoms with Crippen LogP contribution < -0.4 is 4.74 Å². The Hall–Kier alpha value is -6.07. The maximum atomic E-state index is 6.17. The van der Waals surface area contributed by atoms with Crippen molar-refractivity contribution in [1.82, 2.24) is 15.0 Å². The van der Waals surface area contributed by atoms with Crippen LogP contribution in [0.4, 0.5) is 0 Å². The molecular weight excluding hydrogens is 554 g/mol. The number of furan rings is 1. The zero-order valence-corrected chi connectivity index (χ0v) is 24.5. The van der Waals surface area contributed by atoms with Crippen LogP contribution in [-0.2, 0) is 0 Å². The van der Waals surface area contributed by atoms with Crippen molar-refractivity contribution in [2.45, 2.75) is 0 Å². The van der Waals surface area contributed by atoms with Crippen molar-refractivity contribution < 1.29 is 9.15 Å². The van der Waals surface area contributed by atoms with E-state index in [9.17, 15) is 0 Å². The van der Waals surface area contributed by atoms with E-state index in [4.69, 9.17) is 24.1 Å². The highest BCUT2D eigenvalue weighted by molar-refractivity contribution is 6.12. The van der Waals surface area contributed by atoms with E-state index in [0.29, 0.717) is 17.5 Å². The van der Waals surface area contributed by atoms with Crippen LogP contribution >= 0.6 is 0 Å². The molecule has 5 heteroatoms. The van der Waals surface area contributed by atoms with E-state index in [1.54, 1.807) is 7.11 Å². The lowest BCUT2D eigenvalue weighted by Gasteiger charge is -2.13. The van der Waals surface area contributed by atoms with E-state index < -0.39 is 0 Å². The third kappa shape index (κ3) is 4.90. The monoisotopic (exact) mass is 581 g/mol. The first-order valence-electron chi connectivity index (χ1n) is 14.8. The van der Waals surface area contributed by atoms with Crippen LogP contribution in [0.5, 0.6) is 5.75 Å². The zero-order valence-electron chi connectivity index (χ0n) is 24.5. The van der Waals surface area contributed by atoms with Gasteiger partial charge in [0.2, 0.25) is 0 Å². The van der Waals surface area contributed by atoms with Crippen LogP contribution in [0.2, 0.25) is 0 Å². The van der Waals surface area contributed by atoms with Crippen LogP contribution in [0, 0.1) is 0 Å². The lowest BCUT2D eigenvalue weighted by molar-refractivity contribution is 0.416. The number of ether oxygens (including phenoxy) is 1. The second kappa shape index (κ2) is 11.2. The van der Waals surface area contributed by atoms with Gasteiger partial charge in [0.15, 0.2) is 17.5 Å². The third-order valence-electron chi connectivity index (χ3n) is 8.05. The Balaban J connectivity index is 1.28. The fourth-order valence-electron chi connectivity index (χ4n) is 5.88. The van der Waals surface area contributed by atoms with Crippen molar-refractivity contribution in [3.05, 3.63) is 146 Å². The van der Waals surface area contributed by atoms with Gasteiger partial charge in [-0.2, -0.15) is 0 Å². The zero-order chi connectivity index (χ0) is 30.2. The average molecular weight is 582 g/mol. The minimum Gasteiger partial charge on any atom is -0.496 e. The molecule has 0 atom stereocenters. The summed E-state index contributed by atoms with van der Waals surface area (Å²) in [6, 6.07) is 49.0. The highest BCUT2D eigenvalue weighted by Crippen LogP contribution is 2.38. The summed E-state index contributed by atoms with van der Waals surface area (Å²) in [5, 5.41) is 2.19. The van der Waals surface area contributed by atoms with Crippen LogP contribution in [0.3, 0.4) is 0 Å². The molecule has 0 saturated carbocycles. The van der Waals surface area contributed by atoms with Gasteiger partial charge in [-0.25, -0.2) is 15.0 Å². The average Bonchev–Trinajstić information content (AvgIpc) is 3.51. The Labute approximate surface area is 260 Å². The van der Waals surface area contributed by atoms with Gasteiger partial charge >= 0.3 is 0 Å². The van der Waals surface area contributed by atoms with Crippen molar-refractivity contribution in [3.8, 4) is 62.2 Å². The minimum atomic E-state index is 0.574. The first kappa shape index (κ1) is 26.5. The Bertz CT molecular complexity index is 2310. The highest BCUT2D eigenvalue weighted by atomic mass is 16.5. The second-order valence-corrected chi connectivity index (χ2v) is 10.8. The number of fused-ring (bicyclic) bond motifs is 3. The van der Waals surface area contributed by atoms with Gasteiger partial charge in [0.05, 0.1) is 7.11 Å². The normalized spacial score (nSPS) is 11.2. The molecule has 5 nitrogen and oxygen atoms in total. The SMILES string of the molecule is COc1cc(-c2nc(-c3ccccc3)nc(-c3cccc(-c4cccc5oc6ccccc6c45)c3)n2)ccc1-c1ccccc1. The molecule has 8 aromatic rings. The third-order valence-corrected chi connectivity index (χ3v) is 8.05. The van der Waals surface area contributed by atoms with Gasteiger partial charge in [-0.15, -0.1) is 0 Å². The van der Waals surface area contributed by atoms with Crippen LogP contribution in [0.15, 0.2) is 150 Å². The smallest absolute Gasteiger partial charge is 0.164 e. The molecule has 2 aromatic heterocycles. The summed E-state index contributed by atoms with van der Waals surface area (Å²) in [5.74, 6) is 2.53. The van der Waals surface area contributed by atoms with Gasteiger partial charge in [-0.3, -0.25) is 0 Å². The molecule has 45 heavy (non-hydrogen) atoms. The number of para-hydroxylation sites is 1. The number of aromatic nitrogens is 3. The standard InChI is InChI=1S/C40H27N3O2/c1-44-36-25-30(22-23-31(36)26-12-4-2-5-13-26)40-42-38(27-14-6-3-7-15-27)41-39(43-40)29-17-10-16-28(24-29)32-19-11-21-35-37(32)33-18-8-9-20-34(33)45-35/h2-25H,1H3. The first-order valence-corrected chi connectivity index (χ1v) is 14.8. The molecular formula is C40H27N3O2. The van der Waals surface area contributed by atoms with E-state index in [-0.39, 0.29) is 0 Å². The number of methoxy groups -OCH3 is 1. The van der Waals surface area contributed by atoms with E-state index in [2.05, 4.69) is 48.5 Å². The Kier molecular flexibility index (Phi) is 6.61. The van der Waals surface area contributed by atoms with E-state index in [0.717, 1.165) is 66.6 Å². The van der Waals surface area contributed by atoms with Gasteiger partial charge in [0, 0.05) is 33.0 Å².